The van der Waals surface area contributed by atoms with Crippen molar-refractivity contribution in [2.45, 2.75) is 14.7 Å². The summed E-state index contributed by atoms with van der Waals surface area (Å²) in [6.07, 6.45) is 8.03. The number of hydrogen-bond acceptors (Lipinski definition) is 5. The fraction of sp³-hybridized carbons (Fsp3) is 0.176. The standard InChI is InChI=1S/C17H17NOS4/c1-20-14-9-6-10-15(21-2)17(14)23(19)16(22-3)11-12-7-4-5-8-13(12)18-23/h4-11H,1-3H3. The van der Waals surface area contributed by atoms with Crippen LogP contribution in [0.2, 0.25) is 0 Å². The summed E-state index contributed by atoms with van der Waals surface area (Å²) in [4.78, 5) is 2.92. The smallest absolute Gasteiger partial charge is 0.176 e. The van der Waals surface area contributed by atoms with E-state index in [1.54, 1.807) is 23.5 Å². The predicted octanol–water partition coefficient (Wildman–Crippen LogP) is 5.96. The first-order valence-corrected chi connectivity index (χ1v) is 12.2. The molecule has 0 spiro atoms. The third kappa shape index (κ3) is 3.03. The van der Waals surface area contributed by atoms with Crippen molar-refractivity contribution in [2.75, 3.05) is 18.8 Å². The maximum Gasteiger partial charge on any atom is 0.176 e. The van der Waals surface area contributed by atoms with Crippen LogP contribution in [0, 0.1) is 0 Å². The Morgan fingerprint density at radius 2 is 1.52 bits per heavy atom. The number of rotatable bonds is 4. The monoisotopic (exact) mass is 379 g/mol. The maximum absolute atomic E-state index is 14.0. The molecule has 23 heavy (non-hydrogen) atoms. The van der Waals surface area contributed by atoms with Crippen LogP contribution in [0.15, 0.2) is 65.8 Å². The lowest BCUT2D eigenvalue weighted by atomic mass is 10.2. The quantitative estimate of drug-likeness (QED) is 0.485. The molecule has 2 nitrogen and oxygen atoms in total. The second-order valence-electron chi connectivity index (χ2n) is 4.84. The Kier molecular flexibility index (Phi) is 5.28. The Bertz CT molecular complexity index is 807. The molecule has 120 valence electrons. The van der Waals surface area contributed by atoms with E-state index in [0.29, 0.717) is 0 Å². The first kappa shape index (κ1) is 17.2. The highest BCUT2D eigenvalue weighted by Crippen LogP contribution is 2.48. The highest BCUT2D eigenvalue weighted by atomic mass is 32.3. The molecule has 0 saturated heterocycles. The van der Waals surface area contributed by atoms with E-state index in [1.165, 1.54) is 11.8 Å². The van der Waals surface area contributed by atoms with Crippen LogP contribution in [0.25, 0.3) is 6.08 Å². The van der Waals surface area contributed by atoms with Gasteiger partial charge in [-0.3, -0.25) is 0 Å². The van der Waals surface area contributed by atoms with Gasteiger partial charge < -0.3 is 4.55 Å². The highest BCUT2D eigenvalue weighted by Gasteiger charge is 2.33. The van der Waals surface area contributed by atoms with Gasteiger partial charge in [0, 0.05) is 21.7 Å². The van der Waals surface area contributed by atoms with Gasteiger partial charge in [-0.25, -0.2) is 0 Å². The van der Waals surface area contributed by atoms with Gasteiger partial charge in [-0.15, -0.1) is 23.5 Å². The number of benzene rings is 2. The minimum Gasteiger partial charge on any atom is -0.621 e. The van der Waals surface area contributed by atoms with Crippen LogP contribution in [-0.4, -0.2) is 23.3 Å². The van der Waals surface area contributed by atoms with Crippen molar-refractivity contribution < 1.29 is 4.55 Å². The minimum atomic E-state index is -2.65. The average molecular weight is 380 g/mol. The van der Waals surface area contributed by atoms with Crippen molar-refractivity contribution in [3.63, 3.8) is 0 Å². The van der Waals surface area contributed by atoms with E-state index in [-0.39, 0.29) is 0 Å². The molecule has 1 atom stereocenters. The zero-order valence-corrected chi connectivity index (χ0v) is 16.4. The second-order valence-corrected chi connectivity index (χ2v) is 9.72. The van der Waals surface area contributed by atoms with Crippen molar-refractivity contribution in [1.29, 1.82) is 0 Å². The summed E-state index contributed by atoms with van der Waals surface area (Å²) in [5, 5.41) is 0. The third-order valence-corrected chi connectivity index (χ3v) is 9.20. The van der Waals surface area contributed by atoms with Crippen molar-refractivity contribution in [1.82, 2.24) is 0 Å². The van der Waals surface area contributed by atoms with Crippen LogP contribution in [0.4, 0.5) is 5.69 Å². The van der Waals surface area contributed by atoms with E-state index in [1.807, 2.05) is 67.3 Å². The molecular weight excluding hydrogens is 362 g/mol. The molecule has 0 fully saturated rings. The number of nitrogens with zero attached hydrogens (tertiary/aromatic N) is 1. The van der Waals surface area contributed by atoms with E-state index >= 15 is 0 Å². The zero-order chi connectivity index (χ0) is 16.4. The molecule has 0 saturated carbocycles. The van der Waals surface area contributed by atoms with Gasteiger partial charge in [0.25, 0.3) is 0 Å². The molecule has 0 aromatic heterocycles. The molecule has 0 aliphatic carbocycles. The summed E-state index contributed by atoms with van der Waals surface area (Å²) in [5.41, 5.74) is 1.83. The Morgan fingerprint density at radius 1 is 0.870 bits per heavy atom. The lowest BCUT2D eigenvalue weighted by Gasteiger charge is -2.28. The fourth-order valence-corrected chi connectivity index (χ4v) is 8.06. The van der Waals surface area contributed by atoms with E-state index in [2.05, 4.69) is 0 Å². The Balaban J connectivity index is 2.35. The molecule has 1 heterocycles. The van der Waals surface area contributed by atoms with Crippen molar-refractivity contribution >= 4 is 57.2 Å². The molecule has 0 bridgehead atoms. The van der Waals surface area contributed by atoms with Gasteiger partial charge in [0.2, 0.25) is 0 Å². The first-order chi connectivity index (χ1) is 11.1. The average Bonchev–Trinajstić information content (AvgIpc) is 2.60. The molecule has 1 unspecified atom stereocenters. The first-order valence-electron chi connectivity index (χ1n) is 6.97. The summed E-state index contributed by atoms with van der Waals surface area (Å²) in [6.45, 7) is 0. The van der Waals surface area contributed by atoms with Crippen molar-refractivity contribution in [3.8, 4) is 0 Å². The van der Waals surface area contributed by atoms with Crippen LogP contribution >= 0.6 is 35.3 Å². The Morgan fingerprint density at radius 3 is 2.13 bits per heavy atom. The summed E-state index contributed by atoms with van der Waals surface area (Å²) in [6, 6.07) is 14.0. The Hall–Kier alpha value is -0.660. The lowest BCUT2D eigenvalue weighted by Crippen LogP contribution is -2.16. The molecule has 6 heteroatoms. The summed E-state index contributed by atoms with van der Waals surface area (Å²) in [5.74, 6) is 0. The summed E-state index contributed by atoms with van der Waals surface area (Å²) < 4.78 is 19.6. The van der Waals surface area contributed by atoms with Gasteiger partial charge in [0.1, 0.15) is 5.69 Å². The fourth-order valence-electron chi connectivity index (χ4n) is 2.49. The molecule has 0 amide bonds. The molecular formula is C17H17NOS4. The van der Waals surface area contributed by atoms with Crippen LogP contribution < -0.4 is 0 Å². The molecule has 0 radical (unpaired) electrons. The molecule has 0 N–H and O–H groups in total. The van der Waals surface area contributed by atoms with Crippen molar-refractivity contribution in [2.24, 2.45) is 4.36 Å². The molecule has 2 aromatic rings. The zero-order valence-electron chi connectivity index (χ0n) is 13.1. The minimum absolute atomic E-state index is 0.804. The molecule has 1 aliphatic rings. The van der Waals surface area contributed by atoms with Crippen LogP contribution in [0.3, 0.4) is 0 Å². The third-order valence-electron chi connectivity index (χ3n) is 3.57. The molecule has 3 rings (SSSR count). The number of hydrogen-bond donors (Lipinski definition) is 0. The highest BCUT2D eigenvalue weighted by molar-refractivity contribution is 8.22. The van der Waals surface area contributed by atoms with E-state index in [4.69, 9.17) is 4.36 Å². The molecule has 2 aromatic carbocycles. The van der Waals surface area contributed by atoms with Gasteiger partial charge >= 0.3 is 0 Å². The van der Waals surface area contributed by atoms with Gasteiger partial charge in [-0.05, 0) is 37.0 Å². The summed E-state index contributed by atoms with van der Waals surface area (Å²) in [7, 11) is -2.65. The Labute approximate surface area is 151 Å². The number of thioether (sulfide) groups is 3. The van der Waals surface area contributed by atoms with E-state index in [9.17, 15) is 4.55 Å². The van der Waals surface area contributed by atoms with Gasteiger partial charge in [0.05, 0.1) is 9.79 Å². The van der Waals surface area contributed by atoms with Crippen LogP contribution in [0.5, 0.6) is 0 Å². The number of fused-ring (bicyclic) bond motifs is 1. The maximum atomic E-state index is 14.0. The van der Waals surface area contributed by atoms with Gasteiger partial charge in [-0.1, -0.05) is 40.4 Å². The van der Waals surface area contributed by atoms with Crippen molar-refractivity contribution in [3.05, 3.63) is 52.3 Å². The lowest BCUT2D eigenvalue weighted by molar-refractivity contribution is 0.588. The predicted molar refractivity (Wildman–Crippen MR) is 106 cm³/mol. The van der Waals surface area contributed by atoms with Gasteiger partial charge in [-0.2, -0.15) is 0 Å². The van der Waals surface area contributed by atoms with E-state index in [0.717, 1.165) is 30.2 Å². The summed E-state index contributed by atoms with van der Waals surface area (Å²) >= 11 is 4.77. The largest absolute Gasteiger partial charge is 0.621 e. The normalized spacial score (nSPS) is 19.7. The van der Waals surface area contributed by atoms with Crippen LogP contribution in [0.1, 0.15) is 5.56 Å². The van der Waals surface area contributed by atoms with Gasteiger partial charge in [0.15, 0.2) is 9.13 Å². The second kappa shape index (κ2) is 7.07. The SMILES string of the molecule is CSC1=Cc2ccccc2N=[S+]1([O-])c1c(SC)cccc1SC. The molecule has 1 aliphatic heterocycles. The topological polar surface area (TPSA) is 35.4 Å². The van der Waals surface area contributed by atoms with Crippen LogP contribution in [-0.2, 0) is 10.1 Å². The van der Waals surface area contributed by atoms with E-state index < -0.39 is 10.1 Å².